The van der Waals surface area contributed by atoms with Crippen molar-refractivity contribution >= 4 is 17.2 Å². The van der Waals surface area contributed by atoms with E-state index >= 15 is 0 Å². The van der Waals surface area contributed by atoms with Crippen LogP contribution in [0.2, 0.25) is 0 Å². The van der Waals surface area contributed by atoms with Gasteiger partial charge in [-0.25, -0.2) is 4.98 Å². The molecule has 0 amide bonds. The predicted octanol–water partition coefficient (Wildman–Crippen LogP) is 1.82. The van der Waals surface area contributed by atoms with E-state index in [1.165, 1.54) is 10.4 Å². The van der Waals surface area contributed by atoms with Crippen LogP contribution in [0, 0.1) is 0 Å². The molecular formula is C13H16N4S. The first-order valence-corrected chi connectivity index (χ1v) is 7.00. The van der Waals surface area contributed by atoms with E-state index in [1.54, 1.807) is 0 Å². The van der Waals surface area contributed by atoms with Gasteiger partial charge in [0.2, 0.25) is 0 Å². The molecule has 0 aromatic carbocycles. The Bertz CT molecular complexity index is 537. The Morgan fingerprint density at radius 3 is 3.28 bits per heavy atom. The van der Waals surface area contributed by atoms with Crippen LogP contribution in [0.25, 0.3) is 0 Å². The lowest BCUT2D eigenvalue weighted by Gasteiger charge is -2.27. The first kappa shape index (κ1) is 11.6. The molecule has 1 N–H and O–H groups in total. The van der Waals surface area contributed by atoms with E-state index in [4.69, 9.17) is 0 Å². The smallest absolute Gasteiger partial charge is 0.147 e. The second-order valence-electron chi connectivity index (χ2n) is 4.44. The van der Waals surface area contributed by atoms with Gasteiger partial charge in [0.05, 0.1) is 11.9 Å². The fraction of sp³-hybridized carbons (Fsp3) is 0.385. The average Bonchev–Trinajstić information content (AvgIpc) is 2.86. The molecule has 1 aliphatic rings. The molecule has 18 heavy (non-hydrogen) atoms. The van der Waals surface area contributed by atoms with Gasteiger partial charge in [0, 0.05) is 30.7 Å². The molecule has 0 radical (unpaired) electrons. The SMILES string of the molecule is CNCc1cncc(N2CCc3sccc3C2)n1. The minimum atomic E-state index is 0.762. The summed E-state index contributed by atoms with van der Waals surface area (Å²) in [4.78, 5) is 12.8. The van der Waals surface area contributed by atoms with Crippen LogP contribution in [0.3, 0.4) is 0 Å². The standard InChI is InChI=1S/C13H16N4S/c1-14-6-11-7-15-8-13(16-11)17-4-2-12-10(9-17)3-5-18-12/h3,5,7-8,14H,2,4,6,9H2,1H3. The number of aromatic nitrogens is 2. The van der Waals surface area contributed by atoms with E-state index in [0.717, 1.165) is 37.6 Å². The molecule has 0 aliphatic carbocycles. The number of nitrogens with one attached hydrogen (secondary N) is 1. The van der Waals surface area contributed by atoms with Gasteiger partial charge < -0.3 is 10.2 Å². The van der Waals surface area contributed by atoms with Gasteiger partial charge in [-0.3, -0.25) is 4.98 Å². The van der Waals surface area contributed by atoms with Crippen LogP contribution in [-0.4, -0.2) is 23.6 Å². The Morgan fingerprint density at radius 1 is 1.44 bits per heavy atom. The summed E-state index contributed by atoms with van der Waals surface area (Å²) in [5, 5.41) is 5.28. The van der Waals surface area contributed by atoms with Crippen molar-refractivity contribution in [3.63, 3.8) is 0 Å². The fourth-order valence-electron chi connectivity index (χ4n) is 2.26. The van der Waals surface area contributed by atoms with Crippen molar-refractivity contribution in [2.45, 2.75) is 19.5 Å². The van der Waals surface area contributed by atoms with Crippen molar-refractivity contribution < 1.29 is 0 Å². The zero-order chi connectivity index (χ0) is 12.4. The zero-order valence-corrected chi connectivity index (χ0v) is 11.2. The molecule has 0 saturated carbocycles. The monoisotopic (exact) mass is 260 g/mol. The van der Waals surface area contributed by atoms with Crippen LogP contribution < -0.4 is 10.2 Å². The first-order chi connectivity index (χ1) is 8.86. The molecule has 2 aromatic heterocycles. The lowest BCUT2D eigenvalue weighted by atomic mass is 10.1. The van der Waals surface area contributed by atoms with Crippen molar-refractivity contribution in [3.8, 4) is 0 Å². The fourth-order valence-corrected chi connectivity index (χ4v) is 3.15. The summed E-state index contributed by atoms with van der Waals surface area (Å²) >= 11 is 1.86. The van der Waals surface area contributed by atoms with Crippen LogP contribution in [0.4, 0.5) is 5.82 Å². The number of rotatable bonds is 3. The normalized spacial score (nSPS) is 14.6. The van der Waals surface area contributed by atoms with Gasteiger partial charge in [0.1, 0.15) is 5.82 Å². The van der Waals surface area contributed by atoms with Gasteiger partial charge in [0.25, 0.3) is 0 Å². The zero-order valence-electron chi connectivity index (χ0n) is 10.4. The highest BCUT2D eigenvalue weighted by Crippen LogP contribution is 2.26. The third-order valence-electron chi connectivity index (χ3n) is 3.16. The van der Waals surface area contributed by atoms with Crippen LogP contribution in [-0.2, 0) is 19.5 Å². The molecule has 3 rings (SSSR count). The topological polar surface area (TPSA) is 41.1 Å². The summed E-state index contributed by atoms with van der Waals surface area (Å²) in [7, 11) is 1.92. The Morgan fingerprint density at radius 2 is 2.39 bits per heavy atom. The van der Waals surface area contributed by atoms with Gasteiger partial charge in [-0.15, -0.1) is 11.3 Å². The summed E-state index contributed by atoms with van der Waals surface area (Å²) in [6.07, 6.45) is 4.79. The molecule has 0 spiro atoms. The maximum atomic E-state index is 4.65. The summed E-state index contributed by atoms with van der Waals surface area (Å²) in [5.41, 5.74) is 2.43. The summed E-state index contributed by atoms with van der Waals surface area (Å²) < 4.78 is 0. The van der Waals surface area contributed by atoms with Crippen molar-refractivity contribution in [2.24, 2.45) is 0 Å². The van der Waals surface area contributed by atoms with E-state index in [1.807, 2.05) is 30.8 Å². The Kier molecular flexibility index (Phi) is 3.25. The molecule has 0 saturated heterocycles. The molecule has 0 bridgehead atoms. The summed E-state index contributed by atoms with van der Waals surface area (Å²) in [5.74, 6) is 0.986. The Balaban J connectivity index is 1.81. The first-order valence-electron chi connectivity index (χ1n) is 6.12. The molecular weight excluding hydrogens is 244 g/mol. The third kappa shape index (κ3) is 2.23. The van der Waals surface area contributed by atoms with Crippen LogP contribution in [0.1, 0.15) is 16.1 Å². The molecule has 94 valence electrons. The quantitative estimate of drug-likeness (QED) is 0.914. The van der Waals surface area contributed by atoms with E-state index in [9.17, 15) is 0 Å². The molecule has 0 fully saturated rings. The summed E-state index contributed by atoms with van der Waals surface area (Å²) in [6.45, 7) is 2.75. The number of anilines is 1. The molecule has 1 aliphatic heterocycles. The predicted molar refractivity (Wildman–Crippen MR) is 73.9 cm³/mol. The molecule has 0 atom stereocenters. The molecule has 2 aromatic rings. The van der Waals surface area contributed by atoms with Gasteiger partial charge in [0.15, 0.2) is 0 Å². The number of fused-ring (bicyclic) bond motifs is 1. The minimum Gasteiger partial charge on any atom is -0.351 e. The number of thiophene rings is 1. The van der Waals surface area contributed by atoms with Crippen molar-refractivity contribution in [1.29, 1.82) is 0 Å². The van der Waals surface area contributed by atoms with E-state index in [2.05, 4.69) is 31.6 Å². The van der Waals surface area contributed by atoms with Crippen LogP contribution >= 0.6 is 11.3 Å². The second-order valence-corrected chi connectivity index (χ2v) is 5.44. The van der Waals surface area contributed by atoms with Crippen molar-refractivity contribution in [2.75, 3.05) is 18.5 Å². The molecule has 4 nitrogen and oxygen atoms in total. The van der Waals surface area contributed by atoms with Gasteiger partial charge in [-0.1, -0.05) is 0 Å². The van der Waals surface area contributed by atoms with Gasteiger partial charge in [-0.2, -0.15) is 0 Å². The van der Waals surface area contributed by atoms with Gasteiger partial charge in [-0.05, 0) is 30.5 Å². The van der Waals surface area contributed by atoms with E-state index in [0.29, 0.717) is 0 Å². The number of hydrogen-bond acceptors (Lipinski definition) is 5. The highest BCUT2D eigenvalue weighted by molar-refractivity contribution is 7.10. The lowest BCUT2D eigenvalue weighted by molar-refractivity contribution is 0.716. The highest BCUT2D eigenvalue weighted by Gasteiger charge is 2.18. The maximum Gasteiger partial charge on any atom is 0.147 e. The van der Waals surface area contributed by atoms with Crippen molar-refractivity contribution in [1.82, 2.24) is 15.3 Å². The third-order valence-corrected chi connectivity index (χ3v) is 4.18. The van der Waals surface area contributed by atoms with E-state index < -0.39 is 0 Å². The molecule has 3 heterocycles. The minimum absolute atomic E-state index is 0.762. The maximum absolute atomic E-state index is 4.65. The van der Waals surface area contributed by atoms with Crippen LogP contribution in [0.5, 0.6) is 0 Å². The molecule has 5 heteroatoms. The largest absolute Gasteiger partial charge is 0.351 e. The Hall–Kier alpha value is -1.46. The van der Waals surface area contributed by atoms with Crippen LogP contribution in [0.15, 0.2) is 23.8 Å². The Labute approximate surface area is 111 Å². The summed E-state index contributed by atoms with van der Waals surface area (Å²) in [6, 6.07) is 2.22. The number of hydrogen-bond donors (Lipinski definition) is 1. The number of nitrogens with zero attached hydrogens (tertiary/aromatic N) is 3. The molecule has 0 unspecified atom stereocenters. The second kappa shape index (κ2) is 5.04. The lowest BCUT2D eigenvalue weighted by Crippen LogP contribution is -2.30. The van der Waals surface area contributed by atoms with Crippen molar-refractivity contribution in [3.05, 3.63) is 40.0 Å². The highest BCUT2D eigenvalue weighted by atomic mass is 32.1. The van der Waals surface area contributed by atoms with Gasteiger partial charge >= 0.3 is 0 Å². The van der Waals surface area contributed by atoms with E-state index in [-0.39, 0.29) is 0 Å². The average molecular weight is 260 g/mol.